The second-order valence-electron chi connectivity index (χ2n) is 3.90. The van der Waals surface area contributed by atoms with Gasteiger partial charge in [0, 0.05) is 24.6 Å². The summed E-state index contributed by atoms with van der Waals surface area (Å²) in [6.07, 6.45) is 0. The van der Waals surface area contributed by atoms with E-state index in [-0.39, 0.29) is 5.41 Å². The van der Waals surface area contributed by atoms with Crippen LogP contribution in [0.5, 0.6) is 0 Å². The minimum Gasteiger partial charge on any atom is -0.373 e. The lowest BCUT2D eigenvalue weighted by Gasteiger charge is -2.23. The smallest absolute Gasteiger partial charge is 0.125 e. The molecule has 0 spiro atoms. The van der Waals surface area contributed by atoms with Crippen molar-refractivity contribution < 1.29 is 0 Å². The number of nitrogens with two attached hydrogens (primary N) is 1. The monoisotopic (exact) mass is 182 g/mol. The molecule has 4 nitrogen and oxygen atoms in total. The van der Waals surface area contributed by atoms with Crippen molar-refractivity contribution in [2.75, 3.05) is 18.9 Å². The summed E-state index contributed by atoms with van der Waals surface area (Å²) >= 11 is 0. The summed E-state index contributed by atoms with van der Waals surface area (Å²) in [6, 6.07) is 0. The van der Waals surface area contributed by atoms with Gasteiger partial charge >= 0.3 is 0 Å². The third-order valence-corrected chi connectivity index (χ3v) is 2.38. The zero-order valence-corrected chi connectivity index (χ0v) is 8.73. The number of hydrogen-bond donors (Lipinski definition) is 3. The molecule has 1 aromatic rings. The predicted octanol–water partition coefficient (Wildman–Crippen LogP) is 0.996. The minimum atomic E-state index is -0.0323. The molecule has 1 aromatic heterocycles. The zero-order valence-electron chi connectivity index (χ0n) is 8.73. The Morgan fingerprint density at radius 1 is 1.54 bits per heavy atom. The molecule has 0 saturated heterocycles. The van der Waals surface area contributed by atoms with Crippen molar-refractivity contribution in [1.82, 2.24) is 10.2 Å². The summed E-state index contributed by atoms with van der Waals surface area (Å²) in [4.78, 5) is 0. The predicted molar refractivity (Wildman–Crippen MR) is 55.0 cm³/mol. The highest BCUT2D eigenvalue weighted by atomic mass is 15.2. The molecule has 0 saturated carbocycles. The van der Waals surface area contributed by atoms with Gasteiger partial charge in [-0.2, -0.15) is 5.10 Å². The van der Waals surface area contributed by atoms with Crippen LogP contribution < -0.4 is 11.1 Å². The second kappa shape index (κ2) is 3.38. The van der Waals surface area contributed by atoms with Crippen LogP contribution >= 0.6 is 0 Å². The summed E-state index contributed by atoms with van der Waals surface area (Å²) in [5.74, 6) is 0.966. The van der Waals surface area contributed by atoms with E-state index < -0.39 is 0 Å². The average Bonchev–Trinajstić information content (AvgIpc) is 2.47. The number of aromatic amines is 1. The Kier molecular flexibility index (Phi) is 2.61. The van der Waals surface area contributed by atoms with Gasteiger partial charge in [0.15, 0.2) is 0 Å². The molecule has 1 heterocycles. The van der Waals surface area contributed by atoms with Gasteiger partial charge in [-0.1, -0.05) is 13.8 Å². The van der Waals surface area contributed by atoms with Crippen molar-refractivity contribution in [3.05, 3.63) is 11.3 Å². The third kappa shape index (κ3) is 1.67. The number of aryl methyl sites for hydroxylation is 1. The number of anilines is 1. The molecule has 0 radical (unpaired) electrons. The highest BCUT2D eigenvalue weighted by Crippen LogP contribution is 2.29. The molecular formula is C9H18N4. The Morgan fingerprint density at radius 2 is 2.15 bits per heavy atom. The molecule has 4 heteroatoms. The van der Waals surface area contributed by atoms with Gasteiger partial charge in [0.05, 0.1) is 5.69 Å². The Bertz CT molecular complexity index is 288. The van der Waals surface area contributed by atoms with E-state index in [1.54, 1.807) is 0 Å². The Hall–Kier alpha value is -1.03. The van der Waals surface area contributed by atoms with E-state index in [0.717, 1.165) is 11.5 Å². The Morgan fingerprint density at radius 3 is 2.62 bits per heavy atom. The molecule has 13 heavy (non-hydrogen) atoms. The molecule has 0 unspecified atom stereocenters. The van der Waals surface area contributed by atoms with Gasteiger partial charge in [0.25, 0.3) is 0 Å². The van der Waals surface area contributed by atoms with E-state index in [2.05, 4.69) is 29.4 Å². The molecule has 0 aliphatic rings. The van der Waals surface area contributed by atoms with Gasteiger partial charge in [-0.15, -0.1) is 0 Å². The lowest BCUT2D eigenvalue weighted by atomic mass is 9.84. The Labute approximate surface area is 78.9 Å². The fourth-order valence-electron chi connectivity index (χ4n) is 1.54. The molecule has 0 aliphatic carbocycles. The van der Waals surface area contributed by atoms with Crippen molar-refractivity contribution in [2.45, 2.75) is 26.2 Å². The molecule has 0 aromatic carbocycles. The molecule has 0 amide bonds. The second-order valence-corrected chi connectivity index (χ2v) is 3.90. The number of hydrogen-bond acceptors (Lipinski definition) is 3. The molecule has 0 fully saturated rings. The summed E-state index contributed by atoms with van der Waals surface area (Å²) in [7, 11) is 1.88. The van der Waals surface area contributed by atoms with Crippen LogP contribution in [0.3, 0.4) is 0 Å². The standard InChI is InChI=1S/C9H18N4/c1-6-7(9(2,3)5-10)8(11-4)13-12-6/h5,10H2,1-4H3,(H2,11,12,13). The van der Waals surface area contributed by atoms with Crippen LogP contribution in [-0.2, 0) is 5.41 Å². The van der Waals surface area contributed by atoms with Crippen LogP contribution in [0, 0.1) is 6.92 Å². The van der Waals surface area contributed by atoms with Crippen LogP contribution in [0.4, 0.5) is 5.82 Å². The summed E-state index contributed by atoms with van der Waals surface area (Å²) in [5.41, 5.74) is 7.88. The molecule has 74 valence electrons. The first-order valence-corrected chi connectivity index (χ1v) is 4.46. The molecular weight excluding hydrogens is 164 g/mol. The van der Waals surface area contributed by atoms with E-state index in [9.17, 15) is 0 Å². The first-order chi connectivity index (χ1) is 6.03. The van der Waals surface area contributed by atoms with Crippen LogP contribution in [0.2, 0.25) is 0 Å². The summed E-state index contributed by atoms with van der Waals surface area (Å²) < 4.78 is 0. The van der Waals surface area contributed by atoms with E-state index >= 15 is 0 Å². The van der Waals surface area contributed by atoms with Gasteiger partial charge in [0.1, 0.15) is 5.82 Å². The maximum Gasteiger partial charge on any atom is 0.125 e. The van der Waals surface area contributed by atoms with E-state index in [1.807, 2.05) is 14.0 Å². The minimum absolute atomic E-state index is 0.0323. The van der Waals surface area contributed by atoms with Crippen molar-refractivity contribution in [2.24, 2.45) is 5.73 Å². The fourth-order valence-corrected chi connectivity index (χ4v) is 1.54. The van der Waals surface area contributed by atoms with E-state index in [1.165, 1.54) is 5.56 Å². The van der Waals surface area contributed by atoms with Gasteiger partial charge in [-0.3, -0.25) is 5.10 Å². The van der Waals surface area contributed by atoms with E-state index in [4.69, 9.17) is 5.73 Å². The molecule has 0 aliphatic heterocycles. The summed E-state index contributed by atoms with van der Waals surface area (Å²) in [5, 5.41) is 10.2. The van der Waals surface area contributed by atoms with E-state index in [0.29, 0.717) is 6.54 Å². The van der Waals surface area contributed by atoms with Gasteiger partial charge < -0.3 is 11.1 Å². The van der Waals surface area contributed by atoms with Gasteiger partial charge in [-0.05, 0) is 6.92 Å². The van der Waals surface area contributed by atoms with Crippen molar-refractivity contribution >= 4 is 5.82 Å². The third-order valence-electron chi connectivity index (χ3n) is 2.38. The molecule has 4 N–H and O–H groups in total. The van der Waals surface area contributed by atoms with Gasteiger partial charge in [0.2, 0.25) is 0 Å². The number of H-pyrrole nitrogens is 1. The first-order valence-electron chi connectivity index (χ1n) is 4.46. The van der Waals surface area contributed by atoms with Crippen molar-refractivity contribution in [3.8, 4) is 0 Å². The lowest BCUT2D eigenvalue weighted by Crippen LogP contribution is -2.29. The molecule has 0 bridgehead atoms. The lowest BCUT2D eigenvalue weighted by molar-refractivity contribution is 0.537. The maximum absolute atomic E-state index is 5.72. The fraction of sp³-hybridized carbons (Fsp3) is 0.667. The number of rotatable bonds is 3. The largest absolute Gasteiger partial charge is 0.373 e. The summed E-state index contributed by atoms with van der Waals surface area (Å²) in [6.45, 7) is 6.84. The molecule has 0 atom stereocenters. The van der Waals surface area contributed by atoms with Crippen molar-refractivity contribution in [3.63, 3.8) is 0 Å². The SMILES string of the molecule is CNc1[nH]nc(C)c1C(C)(C)CN. The van der Waals surface area contributed by atoms with Gasteiger partial charge in [-0.25, -0.2) is 0 Å². The number of nitrogens with zero attached hydrogens (tertiary/aromatic N) is 1. The normalized spacial score (nSPS) is 11.8. The number of nitrogens with one attached hydrogen (secondary N) is 2. The van der Waals surface area contributed by atoms with Crippen LogP contribution in [-0.4, -0.2) is 23.8 Å². The quantitative estimate of drug-likeness (QED) is 0.653. The molecule has 1 rings (SSSR count). The Balaban J connectivity index is 3.18. The van der Waals surface area contributed by atoms with Crippen LogP contribution in [0.1, 0.15) is 25.1 Å². The average molecular weight is 182 g/mol. The van der Waals surface area contributed by atoms with Crippen LogP contribution in [0.25, 0.3) is 0 Å². The first kappa shape index (κ1) is 10.1. The highest BCUT2D eigenvalue weighted by Gasteiger charge is 2.25. The number of aromatic nitrogens is 2. The zero-order chi connectivity index (χ0) is 10.1. The highest BCUT2D eigenvalue weighted by molar-refractivity contribution is 5.50. The van der Waals surface area contributed by atoms with Crippen LogP contribution in [0.15, 0.2) is 0 Å². The van der Waals surface area contributed by atoms with Crippen molar-refractivity contribution in [1.29, 1.82) is 0 Å². The topological polar surface area (TPSA) is 66.7 Å². The maximum atomic E-state index is 5.72.